The third-order valence-corrected chi connectivity index (χ3v) is 3.71. The van der Waals surface area contributed by atoms with Gasteiger partial charge in [0, 0.05) is 5.92 Å². The Morgan fingerprint density at radius 2 is 1.90 bits per heavy atom. The van der Waals surface area contributed by atoms with Gasteiger partial charge in [-0.05, 0) is 41.3 Å². The van der Waals surface area contributed by atoms with Gasteiger partial charge in [0.2, 0.25) is 0 Å². The number of phenolic OH excluding ortho intramolecular Hbond substituents is 1. The van der Waals surface area contributed by atoms with Crippen LogP contribution >= 0.6 is 0 Å². The Labute approximate surface area is 117 Å². The van der Waals surface area contributed by atoms with Crippen LogP contribution in [-0.4, -0.2) is 17.7 Å². The summed E-state index contributed by atoms with van der Waals surface area (Å²) >= 11 is 0. The molecule has 102 valence electrons. The number of aromatic hydroxyl groups is 1. The minimum atomic E-state index is -0.205. The van der Waals surface area contributed by atoms with E-state index in [9.17, 15) is 9.90 Å². The first-order valence-electron chi connectivity index (χ1n) is 6.78. The van der Waals surface area contributed by atoms with E-state index in [0.29, 0.717) is 13.0 Å². The van der Waals surface area contributed by atoms with Crippen molar-refractivity contribution in [3.63, 3.8) is 0 Å². The maximum Gasteiger partial charge on any atom is 0.306 e. The molecule has 0 spiro atoms. The number of carbonyl (C=O) groups excluding carboxylic acids is 1. The summed E-state index contributed by atoms with van der Waals surface area (Å²) in [6.45, 7) is 2.19. The van der Waals surface area contributed by atoms with Gasteiger partial charge >= 0.3 is 5.97 Å². The summed E-state index contributed by atoms with van der Waals surface area (Å²) in [6, 6.07) is 13.4. The summed E-state index contributed by atoms with van der Waals surface area (Å²) in [4.78, 5) is 11.8. The van der Waals surface area contributed by atoms with E-state index < -0.39 is 0 Å². The molecular formula is C17H16O3. The van der Waals surface area contributed by atoms with Gasteiger partial charge in [0.15, 0.2) is 0 Å². The molecule has 1 aliphatic rings. The van der Waals surface area contributed by atoms with Crippen LogP contribution < -0.4 is 0 Å². The Kier molecular flexibility index (Phi) is 3.18. The van der Waals surface area contributed by atoms with E-state index in [1.54, 1.807) is 19.1 Å². The summed E-state index contributed by atoms with van der Waals surface area (Å²) in [5.41, 5.74) is 4.35. The molecule has 1 N–H and O–H groups in total. The van der Waals surface area contributed by atoms with Crippen LogP contribution in [0.2, 0.25) is 0 Å². The van der Waals surface area contributed by atoms with Crippen LogP contribution in [-0.2, 0) is 9.53 Å². The molecule has 0 fully saturated rings. The standard InChI is InChI=1S/C17H16O3/c1-2-20-17(19)10-16-13-6-4-3-5-12(13)14-8-7-11(18)9-15(14)16/h3-9,16,18H,2,10H2,1H3. The van der Waals surface area contributed by atoms with Crippen molar-refractivity contribution in [3.05, 3.63) is 53.6 Å². The average Bonchev–Trinajstić information content (AvgIpc) is 2.73. The van der Waals surface area contributed by atoms with E-state index in [0.717, 1.165) is 22.3 Å². The zero-order valence-corrected chi connectivity index (χ0v) is 11.3. The summed E-state index contributed by atoms with van der Waals surface area (Å²) in [5, 5.41) is 9.71. The van der Waals surface area contributed by atoms with E-state index >= 15 is 0 Å². The molecule has 20 heavy (non-hydrogen) atoms. The van der Waals surface area contributed by atoms with Crippen molar-refractivity contribution in [1.29, 1.82) is 0 Å². The molecule has 2 aromatic rings. The fourth-order valence-electron chi connectivity index (χ4n) is 2.90. The van der Waals surface area contributed by atoms with Gasteiger partial charge < -0.3 is 9.84 Å². The predicted molar refractivity (Wildman–Crippen MR) is 76.6 cm³/mol. The molecule has 3 heteroatoms. The first-order valence-corrected chi connectivity index (χ1v) is 6.78. The SMILES string of the molecule is CCOC(=O)CC1c2ccccc2-c2ccc(O)cc21. The monoisotopic (exact) mass is 268 g/mol. The van der Waals surface area contributed by atoms with Crippen LogP contribution in [0.15, 0.2) is 42.5 Å². The summed E-state index contributed by atoms with van der Waals surface area (Å²) in [7, 11) is 0. The first-order chi connectivity index (χ1) is 9.70. The Morgan fingerprint density at radius 3 is 2.70 bits per heavy atom. The number of rotatable bonds is 3. The lowest BCUT2D eigenvalue weighted by molar-refractivity contribution is -0.143. The van der Waals surface area contributed by atoms with Gasteiger partial charge in [-0.3, -0.25) is 4.79 Å². The highest BCUT2D eigenvalue weighted by Crippen LogP contribution is 2.47. The molecule has 0 aromatic heterocycles. The molecule has 0 bridgehead atoms. The molecule has 0 amide bonds. The summed E-state index contributed by atoms with van der Waals surface area (Å²) < 4.78 is 5.06. The highest BCUT2D eigenvalue weighted by atomic mass is 16.5. The van der Waals surface area contributed by atoms with Gasteiger partial charge in [0.1, 0.15) is 5.75 Å². The van der Waals surface area contributed by atoms with Crippen molar-refractivity contribution in [2.45, 2.75) is 19.3 Å². The second kappa shape index (κ2) is 5.00. The van der Waals surface area contributed by atoms with Gasteiger partial charge in [0.25, 0.3) is 0 Å². The number of hydrogen-bond acceptors (Lipinski definition) is 3. The molecule has 2 aromatic carbocycles. The second-order valence-electron chi connectivity index (χ2n) is 4.92. The van der Waals surface area contributed by atoms with Crippen molar-refractivity contribution >= 4 is 5.97 Å². The Hall–Kier alpha value is -2.29. The smallest absolute Gasteiger partial charge is 0.306 e. The minimum absolute atomic E-state index is 0.0349. The number of carbonyl (C=O) groups is 1. The van der Waals surface area contributed by atoms with Gasteiger partial charge in [-0.2, -0.15) is 0 Å². The van der Waals surface area contributed by atoms with Crippen LogP contribution in [0.4, 0.5) is 0 Å². The van der Waals surface area contributed by atoms with Crippen molar-refractivity contribution < 1.29 is 14.6 Å². The van der Waals surface area contributed by atoms with Gasteiger partial charge in [0.05, 0.1) is 13.0 Å². The maximum absolute atomic E-state index is 11.8. The summed E-state index contributed by atoms with van der Waals surface area (Å²) in [5.74, 6) is -0.0127. The minimum Gasteiger partial charge on any atom is -0.508 e. The van der Waals surface area contributed by atoms with Crippen LogP contribution in [0.1, 0.15) is 30.4 Å². The molecule has 1 unspecified atom stereocenters. The zero-order valence-electron chi connectivity index (χ0n) is 11.3. The third-order valence-electron chi connectivity index (χ3n) is 3.71. The predicted octanol–water partition coefficient (Wildman–Crippen LogP) is 3.46. The molecule has 0 saturated carbocycles. The summed E-state index contributed by atoms with van der Waals surface area (Å²) in [6.07, 6.45) is 0.307. The number of fused-ring (bicyclic) bond motifs is 3. The Morgan fingerprint density at radius 1 is 1.15 bits per heavy atom. The molecule has 1 atom stereocenters. The highest BCUT2D eigenvalue weighted by Gasteiger charge is 2.30. The topological polar surface area (TPSA) is 46.5 Å². The lowest BCUT2D eigenvalue weighted by atomic mass is 9.93. The molecule has 0 radical (unpaired) electrons. The van der Waals surface area contributed by atoms with Gasteiger partial charge in [-0.15, -0.1) is 0 Å². The molecular weight excluding hydrogens is 252 g/mol. The quantitative estimate of drug-likeness (QED) is 0.867. The number of ether oxygens (including phenoxy) is 1. The number of benzene rings is 2. The lowest BCUT2D eigenvalue weighted by Gasteiger charge is -2.12. The van der Waals surface area contributed by atoms with E-state index in [1.165, 1.54) is 0 Å². The van der Waals surface area contributed by atoms with Crippen molar-refractivity contribution in [1.82, 2.24) is 0 Å². The zero-order chi connectivity index (χ0) is 14.1. The van der Waals surface area contributed by atoms with Crippen LogP contribution in [0.25, 0.3) is 11.1 Å². The van der Waals surface area contributed by atoms with Gasteiger partial charge in [-0.25, -0.2) is 0 Å². The maximum atomic E-state index is 11.8. The van der Waals surface area contributed by atoms with Crippen molar-refractivity contribution in [2.75, 3.05) is 6.61 Å². The third kappa shape index (κ3) is 2.05. The number of phenols is 1. The van der Waals surface area contributed by atoms with E-state index in [2.05, 4.69) is 6.07 Å². The van der Waals surface area contributed by atoms with Crippen LogP contribution in [0.3, 0.4) is 0 Å². The van der Waals surface area contributed by atoms with E-state index in [4.69, 9.17) is 4.74 Å². The Bertz CT molecular complexity index is 661. The first kappa shape index (κ1) is 12.7. The second-order valence-corrected chi connectivity index (χ2v) is 4.92. The molecule has 0 aliphatic heterocycles. The molecule has 3 nitrogen and oxygen atoms in total. The highest BCUT2D eigenvalue weighted by molar-refractivity contribution is 5.82. The fraction of sp³-hybridized carbons (Fsp3) is 0.235. The number of esters is 1. The Balaban J connectivity index is 2.05. The molecule has 0 saturated heterocycles. The number of hydrogen-bond donors (Lipinski definition) is 1. The van der Waals surface area contributed by atoms with Crippen molar-refractivity contribution in [2.24, 2.45) is 0 Å². The molecule has 3 rings (SSSR count). The van der Waals surface area contributed by atoms with E-state index in [-0.39, 0.29) is 17.6 Å². The lowest BCUT2D eigenvalue weighted by Crippen LogP contribution is -2.09. The average molecular weight is 268 g/mol. The molecule has 1 aliphatic carbocycles. The van der Waals surface area contributed by atoms with Crippen LogP contribution in [0, 0.1) is 0 Å². The van der Waals surface area contributed by atoms with Gasteiger partial charge in [-0.1, -0.05) is 30.3 Å². The van der Waals surface area contributed by atoms with Crippen LogP contribution in [0.5, 0.6) is 5.75 Å². The fourth-order valence-corrected chi connectivity index (χ4v) is 2.90. The largest absolute Gasteiger partial charge is 0.508 e. The molecule has 0 heterocycles. The van der Waals surface area contributed by atoms with E-state index in [1.807, 2.05) is 24.3 Å². The normalized spacial score (nSPS) is 15.6. The van der Waals surface area contributed by atoms with Crippen molar-refractivity contribution in [3.8, 4) is 16.9 Å².